The predicted octanol–water partition coefficient (Wildman–Crippen LogP) is 1.41. The summed E-state index contributed by atoms with van der Waals surface area (Å²) in [5.74, 6) is -0.327. The van der Waals surface area contributed by atoms with Gasteiger partial charge in [0.2, 0.25) is 6.41 Å². The molecule has 1 rings (SSSR count). The summed E-state index contributed by atoms with van der Waals surface area (Å²) in [4.78, 5) is 21.1. The molecule has 0 unspecified atom stereocenters. The van der Waals surface area contributed by atoms with Crippen LogP contribution in [0.2, 0.25) is 0 Å². The zero-order chi connectivity index (χ0) is 11.7. The molecule has 4 heteroatoms. The summed E-state index contributed by atoms with van der Waals surface area (Å²) in [6.45, 7) is 5.94. The van der Waals surface area contributed by atoms with Crippen molar-refractivity contribution in [1.82, 2.24) is 10.9 Å². The largest absolute Gasteiger partial charge is 0.277 e. The Morgan fingerprint density at radius 2 is 1.73 bits per heavy atom. The molecule has 0 heterocycles. The normalized spacial score (nSPS) is 8.20. The van der Waals surface area contributed by atoms with Gasteiger partial charge in [0.05, 0.1) is 0 Å². The molecule has 0 aliphatic rings. The first kappa shape index (κ1) is 13.2. The Morgan fingerprint density at radius 1 is 1.20 bits per heavy atom. The summed E-state index contributed by atoms with van der Waals surface area (Å²) in [7, 11) is 0. The molecule has 4 nitrogen and oxygen atoms in total. The zero-order valence-corrected chi connectivity index (χ0v) is 9.20. The summed E-state index contributed by atoms with van der Waals surface area (Å²) >= 11 is 0. The Kier molecular flexibility index (Phi) is 6.63. The molecule has 0 aliphatic heterocycles. The molecule has 2 N–H and O–H groups in total. The number of carbonyl (C=O) groups excluding carboxylic acids is 2. The molecule has 82 valence electrons. The number of hydrazine groups is 1. The third-order valence-electron chi connectivity index (χ3n) is 1.56. The third-order valence-corrected chi connectivity index (χ3v) is 1.56. The number of benzene rings is 1. The topological polar surface area (TPSA) is 58.2 Å². The van der Waals surface area contributed by atoms with Crippen molar-refractivity contribution in [2.45, 2.75) is 20.8 Å². The fraction of sp³-hybridized carbons (Fsp3) is 0.273. The van der Waals surface area contributed by atoms with Gasteiger partial charge >= 0.3 is 0 Å². The van der Waals surface area contributed by atoms with Gasteiger partial charge in [0.1, 0.15) is 0 Å². The Hall–Kier alpha value is -1.84. The van der Waals surface area contributed by atoms with Crippen molar-refractivity contribution in [2.24, 2.45) is 0 Å². The van der Waals surface area contributed by atoms with Crippen LogP contribution in [0.5, 0.6) is 0 Å². The van der Waals surface area contributed by atoms with Crippen LogP contribution in [0, 0.1) is 6.92 Å². The lowest BCUT2D eigenvalue weighted by molar-refractivity contribution is -0.110. The van der Waals surface area contributed by atoms with Gasteiger partial charge in [0, 0.05) is 5.56 Å². The van der Waals surface area contributed by atoms with Crippen molar-refractivity contribution in [2.75, 3.05) is 0 Å². The average Bonchev–Trinajstić information content (AvgIpc) is 2.29. The number of nitrogens with one attached hydrogen (secondary N) is 2. The Labute approximate surface area is 89.7 Å². The summed E-state index contributed by atoms with van der Waals surface area (Å²) < 4.78 is 0. The van der Waals surface area contributed by atoms with E-state index in [4.69, 9.17) is 0 Å². The quantitative estimate of drug-likeness (QED) is 0.583. The first-order valence-corrected chi connectivity index (χ1v) is 4.80. The molecular weight excluding hydrogens is 192 g/mol. The minimum Gasteiger partial charge on any atom is -0.277 e. The second kappa shape index (κ2) is 7.55. The van der Waals surface area contributed by atoms with E-state index in [1.165, 1.54) is 0 Å². The minimum absolute atomic E-state index is 0.327. The van der Waals surface area contributed by atoms with Crippen LogP contribution in [0.25, 0.3) is 0 Å². The lowest BCUT2D eigenvalue weighted by Crippen LogP contribution is -2.36. The number of hydrogen-bond donors (Lipinski definition) is 2. The van der Waals surface area contributed by atoms with Crippen LogP contribution in [0.15, 0.2) is 24.3 Å². The van der Waals surface area contributed by atoms with Gasteiger partial charge in [0.15, 0.2) is 0 Å². The fourth-order valence-electron chi connectivity index (χ4n) is 0.872. The molecule has 1 aromatic rings. The lowest BCUT2D eigenvalue weighted by Gasteiger charge is -2.02. The Bertz CT molecular complexity index is 307. The monoisotopic (exact) mass is 208 g/mol. The van der Waals surface area contributed by atoms with Crippen LogP contribution < -0.4 is 10.9 Å². The van der Waals surface area contributed by atoms with Gasteiger partial charge in [-0.15, -0.1) is 0 Å². The van der Waals surface area contributed by atoms with E-state index < -0.39 is 0 Å². The van der Waals surface area contributed by atoms with Gasteiger partial charge in [-0.2, -0.15) is 0 Å². The van der Waals surface area contributed by atoms with Crippen LogP contribution >= 0.6 is 0 Å². The van der Waals surface area contributed by atoms with Gasteiger partial charge in [-0.25, -0.2) is 0 Å². The molecule has 0 saturated heterocycles. The molecule has 0 saturated carbocycles. The van der Waals surface area contributed by atoms with Crippen LogP contribution in [0.1, 0.15) is 29.8 Å². The van der Waals surface area contributed by atoms with E-state index >= 15 is 0 Å². The maximum atomic E-state index is 11.2. The molecule has 0 fully saturated rings. The number of carbonyl (C=O) groups is 2. The maximum Gasteiger partial charge on any atom is 0.269 e. The van der Waals surface area contributed by atoms with Crippen molar-refractivity contribution in [3.8, 4) is 0 Å². The molecule has 0 bridgehead atoms. The van der Waals surface area contributed by atoms with Gasteiger partial charge in [-0.3, -0.25) is 20.4 Å². The van der Waals surface area contributed by atoms with Crippen molar-refractivity contribution in [3.63, 3.8) is 0 Å². The first-order valence-electron chi connectivity index (χ1n) is 4.80. The van der Waals surface area contributed by atoms with E-state index in [1.807, 2.05) is 32.9 Å². The predicted molar refractivity (Wildman–Crippen MR) is 59.2 cm³/mol. The third kappa shape index (κ3) is 4.81. The van der Waals surface area contributed by atoms with Crippen molar-refractivity contribution < 1.29 is 9.59 Å². The number of hydrogen-bond acceptors (Lipinski definition) is 2. The van der Waals surface area contributed by atoms with Gasteiger partial charge < -0.3 is 0 Å². The highest BCUT2D eigenvalue weighted by Crippen LogP contribution is 2.01. The molecule has 0 spiro atoms. The van der Waals surface area contributed by atoms with E-state index in [0.717, 1.165) is 5.56 Å². The number of aryl methyl sites for hydroxylation is 1. The average molecular weight is 208 g/mol. The van der Waals surface area contributed by atoms with E-state index in [0.29, 0.717) is 12.0 Å². The smallest absolute Gasteiger partial charge is 0.269 e. The molecule has 2 amide bonds. The summed E-state index contributed by atoms with van der Waals surface area (Å²) in [5, 5.41) is 0. The molecule has 0 aliphatic carbocycles. The summed E-state index contributed by atoms with van der Waals surface area (Å²) in [6.07, 6.45) is 0.409. The molecule has 0 radical (unpaired) electrons. The highest BCUT2D eigenvalue weighted by molar-refractivity contribution is 5.94. The maximum absolute atomic E-state index is 11.2. The SMILES string of the molecule is CC.Cc1ccc(C(=O)NNC=O)cc1. The van der Waals surface area contributed by atoms with E-state index in [2.05, 4.69) is 10.9 Å². The Balaban J connectivity index is 0.000000921. The lowest BCUT2D eigenvalue weighted by atomic mass is 10.1. The highest BCUT2D eigenvalue weighted by atomic mass is 16.2. The summed E-state index contributed by atoms with van der Waals surface area (Å²) in [5.41, 5.74) is 5.89. The van der Waals surface area contributed by atoms with Gasteiger partial charge in [-0.05, 0) is 19.1 Å². The van der Waals surface area contributed by atoms with Crippen LogP contribution in [-0.2, 0) is 4.79 Å². The molecule has 0 aromatic heterocycles. The molecule has 1 aromatic carbocycles. The number of amides is 2. The van der Waals surface area contributed by atoms with E-state index in [9.17, 15) is 9.59 Å². The highest BCUT2D eigenvalue weighted by Gasteiger charge is 2.02. The molecule has 0 atom stereocenters. The number of rotatable bonds is 3. The van der Waals surface area contributed by atoms with E-state index in [-0.39, 0.29) is 5.91 Å². The second-order valence-corrected chi connectivity index (χ2v) is 2.58. The molecular formula is C11H16N2O2. The van der Waals surface area contributed by atoms with E-state index in [1.54, 1.807) is 12.1 Å². The minimum atomic E-state index is -0.327. The Morgan fingerprint density at radius 3 is 2.20 bits per heavy atom. The fourth-order valence-corrected chi connectivity index (χ4v) is 0.872. The first-order chi connectivity index (χ1) is 7.24. The van der Waals surface area contributed by atoms with Crippen LogP contribution in [0.3, 0.4) is 0 Å². The standard InChI is InChI=1S/C9H10N2O2.C2H6/c1-7-2-4-8(5-3-7)9(13)11-10-6-12;1-2/h2-6H,1H3,(H,10,12)(H,11,13);1-2H3. The van der Waals surface area contributed by atoms with Crippen LogP contribution in [0.4, 0.5) is 0 Å². The van der Waals surface area contributed by atoms with Crippen molar-refractivity contribution in [1.29, 1.82) is 0 Å². The van der Waals surface area contributed by atoms with Gasteiger partial charge in [0.25, 0.3) is 5.91 Å². The van der Waals surface area contributed by atoms with Crippen LogP contribution in [-0.4, -0.2) is 12.3 Å². The second-order valence-electron chi connectivity index (χ2n) is 2.58. The summed E-state index contributed by atoms with van der Waals surface area (Å²) in [6, 6.07) is 7.04. The molecule has 15 heavy (non-hydrogen) atoms. The zero-order valence-electron chi connectivity index (χ0n) is 9.20. The van der Waals surface area contributed by atoms with Gasteiger partial charge in [-0.1, -0.05) is 31.5 Å². The van der Waals surface area contributed by atoms with Crippen molar-refractivity contribution in [3.05, 3.63) is 35.4 Å². The van der Waals surface area contributed by atoms with Crippen molar-refractivity contribution >= 4 is 12.3 Å².